The molecule has 0 heterocycles. The SMILES string of the molecule is CC1C(NC(=O)OCc2ccccc2)CCC(C(=O)O)C1(C)C. The first-order chi connectivity index (χ1) is 10.8. The van der Waals surface area contributed by atoms with Crippen molar-refractivity contribution in [3.05, 3.63) is 35.9 Å². The van der Waals surface area contributed by atoms with Crippen LogP contribution in [0.15, 0.2) is 30.3 Å². The average Bonchev–Trinajstić information content (AvgIpc) is 2.50. The van der Waals surface area contributed by atoms with Crippen LogP contribution in [0.3, 0.4) is 0 Å². The molecule has 1 amide bonds. The van der Waals surface area contributed by atoms with Crippen LogP contribution in [0.4, 0.5) is 4.79 Å². The molecule has 0 aliphatic heterocycles. The van der Waals surface area contributed by atoms with Crippen molar-refractivity contribution in [3.8, 4) is 0 Å². The van der Waals surface area contributed by atoms with Gasteiger partial charge in [-0.25, -0.2) is 4.79 Å². The summed E-state index contributed by atoms with van der Waals surface area (Å²) >= 11 is 0. The summed E-state index contributed by atoms with van der Waals surface area (Å²) in [5.41, 5.74) is 0.562. The van der Waals surface area contributed by atoms with Gasteiger partial charge in [0.25, 0.3) is 0 Å². The zero-order valence-corrected chi connectivity index (χ0v) is 13.9. The second kappa shape index (κ2) is 7.02. The lowest BCUT2D eigenvalue weighted by Gasteiger charge is -2.46. The minimum Gasteiger partial charge on any atom is -0.481 e. The number of rotatable bonds is 4. The van der Waals surface area contributed by atoms with Crippen LogP contribution >= 0.6 is 0 Å². The van der Waals surface area contributed by atoms with Gasteiger partial charge in [-0.15, -0.1) is 0 Å². The Morgan fingerprint density at radius 2 is 1.91 bits per heavy atom. The van der Waals surface area contributed by atoms with Crippen LogP contribution < -0.4 is 5.32 Å². The van der Waals surface area contributed by atoms with E-state index in [0.29, 0.717) is 12.8 Å². The number of carbonyl (C=O) groups excluding carboxylic acids is 1. The summed E-state index contributed by atoms with van der Waals surface area (Å²) in [6, 6.07) is 9.44. The summed E-state index contributed by atoms with van der Waals surface area (Å²) in [6.07, 6.45) is 0.772. The number of aliphatic carboxylic acids is 1. The van der Waals surface area contributed by atoms with Crippen LogP contribution in [-0.4, -0.2) is 23.2 Å². The van der Waals surface area contributed by atoms with Crippen LogP contribution in [-0.2, 0) is 16.1 Å². The minimum absolute atomic E-state index is 0.0571. The van der Waals surface area contributed by atoms with E-state index in [1.165, 1.54) is 0 Å². The Hall–Kier alpha value is -2.04. The second-order valence-electron chi connectivity index (χ2n) is 6.89. The van der Waals surface area contributed by atoms with Gasteiger partial charge in [0.05, 0.1) is 5.92 Å². The fraction of sp³-hybridized carbons (Fsp3) is 0.556. The van der Waals surface area contributed by atoms with Crippen molar-refractivity contribution in [1.29, 1.82) is 0 Å². The van der Waals surface area contributed by atoms with Crippen molar-refractivity contribution in [2.24, 2.45) is 17.3 Å². The fourth-order valence-corrected chi connectivity index (χ4v) is 3.36. The quantitative estimate of drug-likeness (QED) is 0.891. The van der Waals surface area contributed by atoms with Crippen molar-refractivity contribution < 1.29 is 19.4 Å². The lowest BCUT2D eigenvalue weighted by molar-refractivity contribution is -0.150. The number of carboxylic acids is 1. The summed E-state index contributed by atoms with van der Waals surface area (Å²) in [5.74, 6) is -1.08. The summed E-state index contributed by atoms with van der Waals surface area (Å²) in [6.45, 7) is 6.14. The van der Waals surface area contributed by atoms with Crippen LogP contribution in [0.2, 0.25) is 0 Å². The summed E-state index contributed by atoms with van der Waals surface area (Å²) in [5, 5.41) is 12.3. The Bertz CT molecular complexity index is 555. The topological polar surface area (TPSA) is 75.6 Å². The first-order valence-electron chi connectivity index (χ1n) is 8.02. The maximum Gasteiger partial charge on any atom is 0.407 e. The number of nitrogens with one attached hydrogen (secondary N) is 1. The number of ether oxygens (including phenoxy) is 1. The number of alkyl carbamates (subject to hydrolysis) is 1. The lowest BCUT2D eigenvalue weighted by atomic mass is 9.61. The molecule has 0 radical (unpaired) electrons. The molecule has 1 aromatic rings. The zero-order chi connectivity index (χ0) is 17.0. The zero-order valence-electron chi connectivity index (χ0n) is 13.9. The largest absolute Gasteiger partial charge is 0.481 e. The Morgan fingerprint density at radius 1 is 1.26 bits per heavy atom. The van der Waals surface area contributed by atoms with Gasteiger partial charge in [0.1, 0.15) is 6.61 Å². The highest BCUT2D eigenvalue weighted by Gasteiger charge is 2.46. The lowest BCUT2D eigenvalue weighted by Crippen LogP contribution is -2.52. The summed E-state index contributed by atoms with van der Waals surface area (Å²) in [7, 11) is 0. The fourth-order valence-electron chi connectivity index (χ4n) is 3.36. The van der Waals surface area contributed by atoms with Gasteiger partial charge < -0.3 is 15.2 Å². The molecule has 3 atom stereocenters. The molecule has 1 saturated carbocycles. The van der Waals surface area contributed by atoms with Gasteiger partial charge in [0.15, 0.2) is 0 Å². The number of hydrogen-bond donors (Lipinski definition) is 2. The highest BCUT2D eigenvalue weighted by Crippen LogP contribution is 2.45. The molecule has 5 heteroatoms. The van der Waals surface area contributed by atoms with Crippen molar-refractivity contribution in [2.75, 3.05) is 0 Å². The number of hydrogen-bond acceptors (Lipinski definition) is 3. The Morgan fingerprint density at radius 3 is 2.52 bits per heavy atom. The first-order valence-corrected chi connectivity index (χ1v) is 8.02. The average molecular weight is 319 g/mol. The van der Waals surface area contributed by atoms with Gasteiger partial charge in [-0.2, -0.15) is 0 Å². The monoisotopic (exact) mass is 319 g/mol. The molecule has 2 rings (SSSR count). The predicted molar refractivity (Wildman–Crippen MR) is 86.9 cm³/mol. The Kier molecular flexibility index (Phi) is 5.29. The highest BCUT2D eigenvalue weighted by molar-refractivity contribution is 5.71. The van der Waals surface area contributed by atoms with Crippen LogP contribution in [0.1, 0.15) is 39.2 Å². The van der Waals surface area contributed by atoms with Crippen molar-refractivity contribution in [1.82, 2.24) is 5.32 Å². The van der Waals surface area contributed by atoms with E-state index in [2.05, 4.69) is 5.32 Å². The third-order valence-electron chi connectivity index (χ3n) is 5.26. The van der Waals surface area contributed by atoms with E-state index in [0.717, 1.165) is 5.56 Å². The van der Waals surface area contributed by atoms with Crippen LogP contribution in [0, 0.1) is 17.3 Å². The predicted octanol–water partition coefficient (Wildman–Crippen LogP) is 3.44. The van der Waals surface area contributed by atoms with Crippen LogP contribution in [0.5, 0.6) is 0 Å². The molecule has 3 unspecified atom stereocenters. The molecule has 0 saturated heterocycles. The number of benzene rings is 1. The molecule has 1 fully saturated rings. The summed E-state index contributed by atoms with van der Waals surface area (Å²) in [4.78, 5) is 23.4. The van der Waals surface area contributed by atoms with E-state index >= 15 is 0 Å². The molecule has 5 nitrogen and oxygen atoms in total. The molecule has 0 bridgehead atoms. The maximum atomic E-state index is 12.0. The maximum absolute atomic E-state index is 12.0. The van der Waals surface area contributed by atoms with Crippen molar-refractivity contribution >= 4 is 12.1 Å². The molecule has 1 aliphatic carbocycles. The Labute approximate surface area is 137 Å². The van der Waals surface area contributed by atoms with Crippen molar-refractivity contribution in [3.63, 3.8) is 0 Å². The second-order valence-corrected chi connectivity index (χ2v) is 6.89. The number of carbonyl (C=O) groups is 2. The van der Waals surface area contributed by atoms with Crippen LogP contribution in [0.25, 0.3) is 0 Å². The third kappa shape index (κ3) is 4.03. The molecule has 0 spiro atoms. The third-order valence-corrected chi connectivity index (χ3v) is 5.26. The molecular weight excluding hydrogens is 294 g/mol. The molecule has 23 heavy (non-hydrogen) atoms. The minimum atomic E-state index is -0.757. The van der Waals surface area contributed by atoms with E-state index in [4.69, 9.17) is 4.74 Å². The van der Waals surface area contributed by atoms with Crippen molar-refractivity contribution in [2.45, 2.75) is 46.3 Å². The molecule has 1 aliphatic rings. The van der Waals surface area contributed by atoms with Gasteiger partial charge in [0.2, 0.25) is 0 Å². The molecule has 2 N–H and O–H groups in total. The van der Waals surface area contributed by atoms with Gasteiger partial charge in [-0.05, 0) is 29.7 Å². The molecule has 126 valence electrons. The molecule has 1 aromatic carbocycles. The summed E-state index contributed by atoms with van der Waals surface area (Å²) < 4.78 is 5.26. The Balaban J connectivity index is 1.90. The van der Waals surface area contributed by atoms with Gasteiger partial charge in [0, 0.05) is 6.04 Å². The first kappa shape index (κ1) is 17.3. The van der Waals surface area contributed by atoms with E-state index < -0.39 is 12.1 Å². The van der Waals surface area contributed by atoms with Gasteiger partial charge in [-0.3, -0.25) is 4.79 Å². The van der Waals surface area contributed by atoms with E-state index in [1.54, 1.807) is 0 Å². The molecule has 0 aromatic heterocycles. The van der Waals surface area contributed by atoms with E-state index in [1.807, 2.05) is 51.1 Å². The van der Waals surface area contributed by atoms with E-state index in [-0.39, 0.29) is 29.9 Å². The highest BCUT2D eigenvalue weighted by atomic mass is 16.5. The number of amides is 1. The normalized spacial score (nSPS) is 26.3. The van der Waals surface area contributed by atoms with E-state index in [9.17, 15) is 14.7 Å². The number of carboxylic acid groups (broad SMARTS) is 1. The van der Waals surface area contributed by atoms with Gasteiger partial charge in [-0.1, -0.05) is 51.1 Å². The molecular formula is C18H25NO4. The smallest absolute Gasteiger partial charge is 0.407 e. The van der Waals surface area contributed by atoms with Gasteiger partial charge >= 0.3 is 12.1 Å². The standard InChI is InChI=1S/C18H25NO4/c1-12-15(10-9-14(16(20)21)18(12,2)3)19-17(22)23-11-13-7-5-4-6-8-13/h4-8,12,14-15H,9-11H2,1-3H3,(H,19,22)(H,20,21).